The van der Waals surface area contributed by atoms with Crippen molar-refractivity contribution in [3.8, 4) is 11.5 Å². The molecule has 0 radical (unpaired) electrons. The summed E-state index contributed by atoms with van der Waals surface area (Å²) < 4.78 is 46.0. The minimum atomic E-state index is -3.71. The molecular formula is C19H18ClFN2O3S. The third kappa shape index (κ3) is 4.55. The highest BCUT2D eigenvalue weighted by Crippen LogP contribution is 2.23. The van der Waals surface area contributed by atoms with Crippen LogP contribution in [0.2, 0.25) is 5.02 Å². The van der Waals surface area contributed by atoms with Crippen LogP contribution in [0.15, 0.2) is 64.1 Å². The Bertz CT molecular complexity index is 1020. The maximum Gasteiger partial charge on any atom is 0.243 e. The lowest BCUT2D eigenvalue weighted by Crippen LogP contribution is -2.31. The van der Waals surface area contributed by atoms with Gasteiger partial charge in [-0.05, 0) is 48.9 Å². The van der Waals surface area contributed by atoms with E-state index in [9.17, 15) is 12.8 Å². The van der Waals surface area contributed by atoms with E-state index in [1.54, 1.807) is 12.1 Å². The molecule has 0 atom stereocenters. The Kier molecular flexibility index (Phi) is 5.94. The molecule has 0 amide bonds. The lowest BCUT2D eigenvalue weighted by atomic mass is 10.2. The van der Waals surface area contributed by atoms with Gasteiger partial charge in [0.1, 0.15) is 12.1 Å². The summed E-state index contributed by atoms with van der Waals surface area (Å²) in [6.45, 7) is 2.27. The van der Waals surface area contributed by atoms with Crippen LogP contribution in [0.4, 0.5) is 4.39 Å². The van der Waals surface area contributed by atoms with Crippen LogP contribution in [0.1, 0.15) is 19.0 Å². The zero-order chi connectivity index (χ0) is 19.4. The fraction of sp³-hybridized carbons (Fsp3) is 0.211. The Morgan fingerprint density at radius 1 is 1.19 bits per heavy atom. The average Bonchev–Trinajstić information content (AvgIpc) is 3.10. The van der Waals surface area contributed by atoms with Crippen molar-refractivity contribution in [1.82, 2.24) is 9.29 Å². The van der Waals surface area contributed by atoms with Crippen molar-refractivity contribution in [2.75, 3.05) is 6.54 Å². The largest absolute Gasteiger partial charge is 0.444 e. The van der Waals surface area contributed by atoms with Crippen LogP contribution < -0.4 is 0 Å². The second kappa shape index (κ2) is 8.21. The van der Waals surface area contributed by atoms with E-state index in [-0.39, 0.29) is 17.3 Å². The van der Waals surface area contributed by atoms with Crippen molar-refractivity contribution in [3.63, 3.8) is 0 Å². The Labute approximate surface area is 162 Å². The van der Waals surface area contributed by atoms with Crippen LogP contribution in [-0.2, 0) is 16.6 Å². The van der Waals surface area contributed by atoms with Gasteiger partial charge < -0.3 is 4.42 Å². The predicted octanol–water partition coefficient (Wildman–Crippen LogP) is 4.74. The van der Waals surface area contributed by atoms with E-state index in [0.29, 0.717) is 29.2 Å². The number of benzene rings is 2. The molecule has 0 fully saturated rings. The van der Waals surface area contributed by atoms with Gasteiger partial charge in [0.2, 0.25) is 15.9 Å². The normalized spacial score (nSPS) is 11.9. The molecule has 0 aliphatic heterocycles. The lowest BCUT2D eigenvalue weighted by molar-refractivity contribution is 0.401. The van der Waals surface area contributed by atoms with Crippen molar-refractivity contribution in [2.24, 2.45) is 0 Å². The van der Waals surface area contributed by atoms with Crippen molar-refractivity contribution in [1.29, 1.82) is 0 Å². The van der Waals surface area contributed by atoms with Crippen LogP contribution in [0, 0.1) is 5.82 Å². The molecule has 3 aromatic rings. The van der Waals surface area contributed by atoms with Crippen LogP contribution >= 0.6 is 11.6 Å². The monoisotopic (exact) mass is 408 g/mol. The SMILES string of the molecule is CCCN(Cc1coc(-c2cccc(F)c2)n1)S(=O)(=O)c1ccc(Cl)cc1. The first-order chi connectivity index (χ1) is 12.9. The summed E-state index contributed by atoms with van der Waals surface area (Å²) in [7, 11) is -3.71. The van der Waals surface area contributed by atoms with E-state index in [4.69, 9.17) is 16.0 Å². The van der Waals surface area contributed by atoms with E-state index in [1.165, 1.54) is 47.0 Å². The summed E-state index contributed by atoms with van der Waals surface area (Å²) in [5.41, 5.74) is 0.934. The number of hydrogen-bond donors (Lipinski definition) is 0. The molecule has 0 bridgehead atoms. The molecule has 0 unspecified atom stereocenters. The number of rotatable bonds is 7. The van der Waals surface area contributed by atoms with Gasteiger partial charge in [0.15, 0.2) is 0 Å². The molecule has 142 valence electrons. The Morgan fingerprint density at radius 2 is 1.93 bits per heavy atom. The highest BCUT2D eigenvalue weighted by molar-refractivity contribution is 7.89. The number of halogens is 2. The van der Waals surface area contributed by atoms with E-state index in [2.05, 4.69) is 4.98 Å². The fourth-order valence-corrected chi connectivity index (χ4v) is 4.23. The maximum atomic E-state index is 13.4. The molecule has 5 nitrogen and oxygen atoms in total. The molecule has 0 saturated carbocycles. The zero-order valence-corrected chi connectivity index (χ0v) is 16.2. The van der Waals surface area contributed by atoms with Crippen LogP contribution in [0.5, 0.6) is 0 Å². The first-order valence-corrected chi connectivity index (χ1v) is 10.2. The molecule has 2 aromatic carbocycles. The van der Waals surface area contributed by atoms with Crippen molar-refractivity contribution < 1.29 is 17.2 Å². The number of aromatic nitrogens is 1. The third-order valence-corrected chi connectivity index (χ3v) is 6.00. The van der Waals surface area contributed by atoms with Gasteiger partial charge in [-0.2, -0.15) is 4.31 Å². The second-order valence-electron chi connectivity index (χ2n) is 5.95. The van der Waals surface area contributed by atoms with Gasteiger partial charge in [-0.25, -0.2) is 17.8 Å². The summed E-state index contributed by atoms with van der Waals surface area (Å²) in [5.74, 6) is -0.157. The lowest BCUT2D eigenvalue weighted by Gasteiger charge is -2.20. The summed E-state index contributed by atoms with van der Waals surface area (Å²) in [6, 6.07) is 11.9. The third-order valence-electron chi connectivity index (χ3n) is 3.89. The van der Waals surface area contributed by atoms with Gasteiger partial charge in [-0.15, -0.1) is 0 Å². The van der Waals surface area contributed by atoms with Crippen LogP contribution in [0.25, 0.3) is 11.5 Å². The highest BCUT2D eigenvalue weighted by Gasteiger charge is 2.25. The first-order valence-electron chi connectivity index (χ1n) is 8.36. The van der Waals surface area contributed by atoms with Crippen LogP contribution in [0.3, 0.4) is 0 Å². The van der Waals surface area contributed by atoms with E-state index < -0.39 is 15.8 Å². The Balaban J connectivity index is 1.85. The molecule has 0 N–H and O–H groups in total. The molecule has 0 aliphatic carbocycles. The quantitative estimate of drug-likeness (QED) is 0.566. The van der Waals surface area contributed by atoms with Crippen molar-refractivity contribution in [2.45, 2.75) is 24.8 Å². The summed E-state index contributed by atoms with van der Waals surface area (Å²) in [4.78, 5) is 4.47. The summed E-state index contributed by atoms with van der Waals surface area (Å²) >= 11 is 5.85. The van der Waals surface area contributed by atoms with E-state index in [0.717, 1.165) is 0 Å². The number of oxazole rings is 1. The topological polar surface area (TPSA) is 63.4 Å². The highest BCUT2D eigenvalue weighted by atomic mass is 35.5. The average molecular weight is 409 g/mol. The number of nitrogens with zero attached hydrogens (tertiary/aromatic N) is 2. The number of hydrogen-bond acceptors (Lipinski definition) is 4. The van der Waals surface area contributed by atoms with Gasteiger partial charge >= 0.3 is 0 Å². The van der Waals surface area contributed by atoms with E-state index >= 15 is 0 Å². The molecule has 0 spiro atoms. The Morgan fingerprint density at radius 3 is 2.59 bits per heavy atom. The predicted molar refractivity (Wildman–Crippen MR) is 101 cm³/mol. The van der Waals surface area contributed by atoms with E-state index in [1.807, 2.05) is 6.92 Å². The second-order valence-corrected chi connectivity index (χ2v) is 8.32. The fourth-order valence-electron chi connectivity index (χ4n) is 2.60. The molecule has 1 aromatic heterocycles. The smallest absolute Gasteiger partial charge is 0.243 e. The zero-order valence-electron chi connectivity index (χ0n) is 14.6. The molecule has 0 saturated heterocycles. The molecule has 1 heterocycles. The van der Waals surface area contributed by atoms with Crippen LogP contribution in [-0.4, -0.2) is 24.3 Å². The summed E-state index contributed by atoms with van der Waals surface area (Å²) in [5, 5.41) is 0.465. The van der Waals surface area contributed by atoms with Gasteiger partial charge in [-0.3, -0.25) is 0 Å². The maximum absolute atomic E-state index is 13.4. The first kappa shape index (κ1) is 19.5. The molecule has 27 heavy (non-hydrogen) atoms. The number of sulfonamides is 1. The molecule has 0 aliphatic rings. The van der Waals surface area contributed by atoms with Gasteiger partial charge in [0.25, 0.3) is 0 Å². The molecule has 8 heteroatoms. The minimum Gasteiger partial charge on any atom is -0.444 e. The van der Waals surface area contributed by atoms with Crippen molar-refractivity contribution >= 4 is 21.6 Å². The molecular weight excluding hydrogens is 391 g/mol. The van der Waals surface area contributed by atoms with Gasteiger partial charge in [-0.1, -0.05) is 24.6 Å². The Hall–Kier alpha value is -2.22. The van der Waals surface area contributed by atoms with Crippen molar-refractivity contribution in [3.05, 3.63) is 71.3 Å². The molecule has 3 rings (SSSR count). The summed E-state index contributed by atoms with van der Waals surface area (Å²) in [6.07, 6.45) is 2.03. The minimum absolute atomic E-state index is 0.0532. The standard InChI is InChI=1S/C19H18ClFN2O3S/c1-2-10-23(27(24,25)18-8-6-15(20)7-9-18)12-17-13-26-19(22-17)14-4-3-5-16(21)11-14/h3-9,11,13H,2,10,12H2,1H3. The van der Waals surface area contributed by atoms with Gasteiger partial charge in [0, 0.05) is 17.1 Å². The van der Waals surface area contributed by atoms with Gasteiger partial charge in [0.05, 0.1) is 17.1 Å².